The summed E-state index contributed by atoms with van der Waals surface area (Å²) in [6, 6.07) is 21.2. The third kappa shape index (κ3) is 7.91. The van der Waals surface area contributed by atoms with E-state index in [4.69, 9.17) is 33.2 Å². The van der Waals surface area contributed by atoms with Crippen molar-refractivity contribution < 1.29 is 67.3 Å². The maximum atomic E-state index is 14.3. The Bertz CT molecular complexity index is 1960. The summed E-state index contributed by atoms with van der Waals surface area (Å²) in [5.74, 6) is -9.59. The number of carbonyl (C=O) groups excluding carboxylic acids is 5. The molecule has 16 heteroatoms. The number of rotatable bonds is 14. The number of methoxy groups -OCH3 is 3. The molecule has 2 bridgehead atoms. The van der Waals surface area contributed by atoms with Crippen molar-refractivity contribution in [2.24, 2.45) is 5.92 Å². The molecule has 3 aromatic carbocycles. The number of aliphatic hydroxyl groups excluding tert-OH is 1. The summed E-state index contributed by atoms with van der Waals surface area (Å²) in [4.78, 5) is 69.5. The lowest BCUT2D eigenvalue weighted by atomic mass is 9.74. The van der Waals surface area contributed by atoms with Gasteiger partial charge in [-0.1, -0.05) is 75.7 Å². The molecule has 2 aliphatic heterocycles. The summed E-state index contributed by atoms with van der Waals surface area (Å²) < 4.78 is 40.7. The normalized spacial score (nSPS) is 26.2. The van der Waals surface area contributed by atoms with E-state index in [-0.39, 0.29) is 29.0 Å². The maximum absolute atomic E-state index is 14.3. The van der Waals surface area contributed by atoms with E-state index in [2.05, 4.69) is 38.4 Å². The summed E-state index contributed by atoms with van der Waals surface area (Å²) in [6.45, 7) is 5.89. The highest BCUT2D eigenvalue weighted by Crippen LogP contribution is 2.57. The molecule has 2 saturated heterocycles. The van der Waals surface area contributed by atoms with Gasteiger partial charge in [0.15, 0.2) is 12.2 Å². The van der Waals surface area contributed by atoms with Gasteiger partial charge in [0.1, 0.15) is 0 Å². The van der Waals surface area contributed by atoms with Crippen LogP contribution in [0, 0.1) is 5.92 Å². The highest BCUT2D eigenvalue weighted by atomic mass is 79.9. The number of ether oxygens (including phenoxy) is 7. The van der Waals surface area contributed by atoms with Crippen LogP contribution in [0.1, 0.15) is 46.0 Å². The van der Waals surface area contributed by atoms with E-state index in [9.17, 15) is 34.2 Å². The molecule has 3 aromatic rings. The zero-order chi connectivity index (χ0) is 41.0. The molecule has 0 spiro atoms. The Labute approximate surface area is 339 Å². The first-order chi connectivity index (χ1) is 26.6. The molecule has 2 N–H and O–H groups in total. The Morgan fingerprint density at radius 3 is 1.80 bits per heavy atom. The first-order valence-electron chi connectivity index (χ1n) is 17.3. The van der Waals surface area contributed by atoms with Gasteiger partial charge in [-0.3, -0.25) is 0 Å². The molecular weight excluding hydrogens is 864 g/mol. The second-order valence-electron chi connectivity index (χ2n) is 13.4. The lowest BCUT2D eigenvalue weighted by Gasteiger charge is -2.49. The van der Waals surface area contributed by atoms with Crippen LogP contribution in [0.4, 0.5) is 0 Å². The minimum atomic E-state index is -3.50. The predicted molar refractivity (Wildman–Crippen MR) is 203 cm³/mol. The molecule has 0 aliphatic carbocycles. The van der Waals surface area contributed by atoms with Gasteiger partial charge < -0.3 is 43.4 Å². The van der Waals surface area contributed by atoms with Gasteiger partial charge in [0.05, 0.1) is 38.6 Å². The predicted octanol–water partition coefficient (Wildman–Crippen LogP) is 4.65. The van der Waals surface area contributed by atoms with Crippen molar-refractivity contribution in [3.05, 3.63) is 117 Å². The molecule has 298 valence electrons. The summed E-state index contributed by atoms with van der Waals surface area (Å²) in [5, 5.41) is 23.9. The van der Waals surface area contributed by atoms with Crippen LogP contribution in [0.3, 0.4) is 0 Å². The molecule has 8 atom stereocenters. The van der Waals surface area contributed by atoms with Crippen molar-refractivity contribution in [2.45, 2.75) is 67.6 Å². The summed E-state index contributed by atoms with van der Waals surface area (Å²) in [5.41, 5.74) is -5.61. The molecule has 2 fully saturated rings. The van der Waals surface area contributed by atoms with Crippen molar-refractivity contribution in [1.82, 2.24) is 0 Å². The molecule has 0 amide bonds. The number of hydrogen-bond acceptors (Lipinski definition) is 14. The number of hydrogen-bond donors (Lipinski definition) is 2. The van der Waals surface area contributed by atoms with Crippen molar-refractivity contribution in [3.63, 3.8) is 0 Å². The van der Waals surface area contributed by atoms with E-state index in [1.54, 1.807) is 12.1 Å². The third-order valence-electron chi connectivity index (χ3n) is 9.89. The van der Waals surface area contributed by atoms with Gasteiger partial charge in [-0.2, -0.15) is 0 Å². The zero-order valence-electron chi connectivity index (χ0n) is 30.8. The Balaban J connectivity index is 1.68. The van der Waals surface area contributed by atoms with Crippen LogP contribution in [0.2, 0.25) is 0 Å². The number of fused-ring (bicyclic) bond motifs is 2. The van der Waals surface area contributed by atoms with E-state index in [1.165, 1.54) is 36.4 Å². The van der Waals surface area contributed by atoms with Crippen molar-refractivity contribution in [3.8, 4) is 0 Å². The van der Waals surface area contributed by atoms with Crippen molar-refractivity contribution in [2.75, 3.05) is 21.3 Å². The molecule has 0 saturated carbocycles. The molecule has 14 nitrogen and oxygen atoms in total. The molecule has 5 rings (SSSR count). The topological polar surface area (TPSA) is 190 Å². The number of halogens is 2. The Kier molecular flexibility index (Phi) is 13.2. The van der Waals surface area contributed by atoms with Crippen LogP contribution in [-0.2, 0) is 54.0 Å². The molecular formula is C40H40Br2O14. The molecule has 2 aliphatic rings. The second kappa shape index (κ2) is 17.4. The third-order valence-corrected chi connectivity index (χ3v) is 10.9. The largest absolute Gasteiger partial charge is 0.467 e. The number of benzene rings is 3. The fraction of sp³-hybridized carbons (Fsp3) is 0.375. The van der Waals surface area contributed by atoms with E-state index >= 15 is 0 Å². The molecule has 2 heterocycles. The highest BCUT2D eigenvalue weighted by Gasteiger charge is 2.87. The Morgan fingerprint density at radius 1 is 0.786 bits per heavy atom. The van der Waals surface area contributed by atoms with Gasteiger partial charge in [0.2, 0.25) is 17.5 Å². The van der Waals surface area contributed by atoms with E-state index < -0.39 is 77.7 Å². The maximum Gasteiger partial charge on any atom is 0.346 e. The van der Waals surface area contributed by atoms with Gasteiger partial charge in [0, 0.05) is 15.4 Å². The molecule has 0 radical (unpaired) electrons. The van der Waals surface area contributed by atoms with Crippen molar-refractivity contribution >= 4 is 61.7 Å². The smallest absolute Gasteiger partial charge is 0.346 e. The standard InChI is InChI=1S/C40H40Br2O14/c1-22(29(43)23(2)21-24-9-7-6-8-10-24)19-20-38-30(53-33(44)25-11-15-27(41)16-12-25)31(54-34(45)26-13-17-28(42)18-14-26)40(56-38,37(48)52-5)39(49,36(47)51-4)32(55-38)35(46)50-3/h6-18,23,29-32,43,49H,1,19-21H2,2-5H3/t23?,29?,30-,31-,32-,38+,39-,40+/m1/s1. The average Bonchev–Trinajstić information content (AvgIpc) is 3.43. The minimum absolute atomic E-state index is 0.0165. The number of esters is 5. The van der Waals surface area contributed by atoms with Crippen LogP contribution >= 0.6 is 31.9 Å². The van der Waals surface area contributed by atoms with Gasteiger partial charge in [-0.05, 0) is 78.4 Å². The van der Waals surface area contributed by atoms with Gasteiger partial charge in [0.25, 0.3) is 5.60 Å². The SMILES string of the molecule is C=C(CC[C@]12O[C@H](C(=O)OC)[C@@](O)(C(=O)OC)[C@](C(=O)OC)(O1)[C@H](OC(=O)c1ccc(Br)cc1)[C@H]2OC(=O)c1ccc(Br)cc1)C(O)C(C)Cc1ccccc1. The van der Waals surface area contributed by atoms with Crippen LogP contribution in [-0.4, -0.2) is 103 Å². The second-order valence-corrected chi connectivity index (χ2v) is 15.2. The van der Waals surface area contributed by atoms with Crippen LogP contribution in [0.15, 0.2) is 100.0 Å². The quantitative estimate of drug-likeness (QED) is 0.129. The molecule has 2 unspecified atom stereocenters. The van der Waals surface area contributed by atoms with Crippen LogP contribution in [0.5, 0.6) is 0 Å². The summed E-state index contributed by atoms with van der Waals surface area (Å²) in [6.07, 6.45) is -8.03. The first-order valence-corrected chi connectivity index (χ1v) is 18.8. The molecule has 56 heavy (non-hydrogen) atoms. The van der Waals surface area contributed by atoms with Gasteiger partial charge in [-0.25, -0.2) is 24.0 Å². The lowest BCUT2D eigenvalue weighted by molar-refractivity contribution is -0.374. The first kappa shape index (κ1) is 42.7. The van der Waals surface area contributed by atoms with Gasteiger partial charge in [-0.15, -0.1) is 0 Å². The van der Waals surface area contributed by atoms with Crippen molar-refractivity contribution in [1.29, 1.82) is 0 Å². The number of carbonyl (C=O) groups is 5. The minimum Gasteiger partial charge on any atom is -0.467 e. The van der Waals surface area contributed by atoms with E-state index in [0.29, 0.717) is 15.4 Å². The fourth-order valence-electron chi connectivity index (χ4n) is 6.97. The van der Waals surface area contributed by atoms with Crippen LogP contribution < -0.4 is 0 Å². The fourth-order valence-corrected chi connectivity index (χ4v) is 7.50. The zero-order valence-corrected chi connectivity index (χ0v) is 33.9. The number of aliphatic hydroxyl groups is 2. The monoisotopic (exact) mass is 902 g/mol. The highest BCUT2D eigenvalue weighted by molar-refractivity contribution is 9.10. The van der Waals surface area contributed by atoms with Gasteiger partial charge >= 0.3 is 29.8 Å². The van der Waals surface area contributed by atoms with E-state index in [1.807, 2.05) is 37.3 Å². The molecule has 0 aromatic heterocycles. The summed E-state index contributed by atoms with van der Waals surface area (Å²) >= 11 is 6.60. The average molecular weight is 905 g/mol. The summed E-state index contributed by atoms with van der Waals surface area (Å²) in [7, 11) is 2.68. The Morgan fingerprint density at radius 2 is 1.30 bits per heavy atom. The van der Waals surface area contributed by atoms with E-state index in [0.717, 1.165) is 26.9 Å². The van der Waals surface area contributed by atoms with Crippen LogP contribution in [0.25, 0.3) is 0 Å². The Hall–Kier alpha value is -4.45. The lowest BCUT2D eigenvalue weighted by Crippen LogP contribution is -2.78.